The number of aromatic nitrogens is 2. The summed E-state index contributed by atoms with van der Waals surface area (Å²) < 4.78 is 35.2. The molecular formula is C23H23FN2O3S. The minimum atomic E-state index is -1.92. The van der Waals surface area contributed by atoms with Gasteiger partial charge in [0.1, 0.15) is 5.82 Å². The molecule has 7 heteroatoms. The molecule has 0 radical (unpaired) electrons. The highest BCUT2D eigenvalue weighted by molar-refractivity contribution is 7.78. The third kappa shape index (κ3) is 4.27. The molecular weight excluding hydrogens is 403 g/mol. The van der Waals surface area contributed by atoms with Crippen LogP contribution in [0.15, 0.2) is 59.5 Å². The number of hydrogen-bond donors (Lipinski definition) is 1. The van der Waals surface area contributed by atoms with E-state index in [1.165, 1.54) is 12.1 Å². The Kier molecular flexibility index (Phi) is 5.92. The number of rotatable bonds is 5. The van der Waals surface area contributed by atoms with Gasteiger partial charge in [-0.1, -0.05) is 43.3 Å². The van der Waals surface area contributed by atoms with Crippen molar-refractivity contribution in [3.05, 3.63) is 76.5 Å². The van der Waals surface area contributed by atoms with Crippen molar-refractivity contribution in [2.75, 3.05) is 0 Å². The molecule has 0 saturated heterocycles. The number of nitrogens with zero attached hydrogens (tertiary/aromatic N) is 2. The van der Waals surface area contributed by atoms with E-state index >= 15 is 0 Å². The Morgan fingerprint density at radius 2 is 1.77 bits per heavy atom. The molecule has 1 aliphatic rings. The molecule has 0 aliphatic heterocycles. The zero-order valence-corrected chi connectivity index (χ0v) is 17.4. The van der Waals surface area contributed by atoms with Gasteiger partial charge < -0.3 is 4.55 Å². The maximum Gasteiger partial charge on any atom is 0.275 e. The average molecular weight is 427 g/mol. The molecule has 1 heterocycles. The van der Waals surface area contributed by atoms with E-state index in [2.05, 4.69) is 12.0 Å². The summed E-state index contributed by atoms with van der Waals surface area (Å²) in [6.45, 7) is 2.18. The molecule has 5 nitrogen and oxygen atoms in total. The van der Waals surface area contributed by atoms with Gasteiger partial charge in [-0.2, -0.15) is 5.10 Å². The molecule has 4 rings (SSSR count). The van der Waals surface area contributed by atoms with Gasteiger partial charge in [0, 0.05) is 5.56 Å². The molecule has 0 bridgehead atoms. The molecule has 3 atom stereocenters. The van der Waals surface area contributed by atoms with Crippen LogP contribution >= 0.6 is 0 Å². The summed E-state index contributed by atoms with van der Waals surface area (Å²) in [5, 5.41) is 4.49. The molecule has 0 spiro atoms. The van der Waals surface area contributed by atoms with Gasteiger partial charge >= 0.3 is 0 Å². The number of halogens is 1. The normalized spacial score (nSPS) is 19.7. The molecule has 1 fully saturated rings. The first-order valence-corrected chi connectivity index (χ1v) is 11.2. The Bertz CT molecular complexity index is 1130. The Balaban J connectivity index is 1.83. The molecule has 1 aliphatic carbocycles. The van der Waals surface area contributed by atoms with E-state index in [0.29, 0.717) is 22.6 Å². The molecule has 1 saturated carbocycles. The predicted molar refractivity (Wildman–Crippen MR) is 116 cm³/mol. The molecule has 1 aromatic heterocycles. The fourth-order valence-corrected chi connectivity index (χ4v) is 4.64. The Labute approximate surface area is 176 Å². The first kappa shape index (κ1) is 20.6. The zero-order valence-electron chi connectivity index (χ0n) is 16.6. The van der Waals surface area contributed by atoms with Gasteiger partial charge in [0.05, 0.1) is 23.6 Å². The van der Waals surface area contributed by atoms with Gasteiger partial charge in [0.15, 0.2) is 11.1 Å². The van der Waals surface area contributed by atoms with Crippen LogP contribution < -0.4 is 5.56 Å². The lowest BCUT2D eigenvalue weighted by Crippen LogP contribution is -2.28. The second-order valence-electron chi connectivity index (χ2n) is 7.92. The third-order valence-electron chi connectivity index (χ3n) is 5.70. The summed E-state index contributed by atoms with van der Waals surface area (Å²) in [4.78, 5) is 13.5. The average Bonchev–Trinajstić information content (AvgIpc) is 3.15. The zero-order chi connectivity index (χ0) is 21.3. The Morgan fingerprint density at radius 3 is 2.37 bits per heavy atom. The highest BCUT2D eigenvalue weighted by Crippen LogP contribution is 2.35. The van der Waals surface area contributed by atoms with Gasteiger partial charge in [-0.05, 0) is 54.0 Å². The van der Waals surface area contributed by atoms with Crippen molar-refractivity contribution in [2.45, 2.75) is 38.0 Å². The van der Waals surface area contributed by atoms with Crippen LogP contribution in [-0.2, 0) is 16.8 Å². The minimum Gasteiger partial charge on any atom is -0.306 e. The molecule has 156 valence electrons. The highest BCUT2D eigenvalue weighted by atomic mass is 32.2. The molecule has 3 aromatic rings. The van der Waals surface area contributed by atoms with E-state index in [4.69, 9.17) is 4.55 Å². The molecule has 2 aromatic carbocycles. The van der Waals surface area contributed by atoms with Crippen LogP contribution in [0.25, 0.3) is 22.3 Å². The van der Waals surface area contributed by atoms with E-state index in [0.717, 1.165) is 30.4 Å². The number of benzene rings is 2. The molecule has 0 amide bonds. The SMILES string of the molecule is CC1CCC(n2ncc(-c3ccc(CS(=O)O)cc3)c(-c3ccc(F)cc3)c2=O)C1. The largest absolute Gasteiger partial charge is 0.306 e. The van der Waals surface area contributed by atoms with Crippen LogP contribution in [0, 0.1) is 11.7 Å². The topological polar surface area (TPSA) is 72.2 Å². The lowest BCUT2D eigenvalue weighted by Gasteiger charge is -2.17. The fourth-order valence-electron chi connectivity index (χ4n) is 4.16. The van der Waals surface area contributed by atoms with Gasteiger partial charge in [0.25, 0.3) is 5.56 Å². The number of hydrogen-bond acceptors (Lipinski definition) is 3. The lowest BCUT2D eigenvalue weighted by atomic mass is 9.96. The second kappa shape index (κ2) is 8.62. The Morgan fingerprint density at radius 1 is 1.10 bits per heavy atom. The van der Waals surface area contributed by atoms with Crippen LogP contribution in [-0.4, -0.2) is 18.5 Å². The van der Waals surface area contributed by atoms with Crippen molar-refractivity contribution in [3.63, 3.8) is 0 Å². The van der Waals surface area contributed by atoms with E-state index in [-0.39, 0.29) is 23.2 Å². The van der Waals surface area contributed by atoms with Crippen molar-refractivity contribution >= 4 is 11.1 Å². The summed E-state index contributed by atoms with van der Waals surface area (Å²) in [6.07, 6.45) is 4.60. The van der Waals surface area contributed by atoms with Crippen molar-refractivity contribution in [1.82, 2.24) is 9.78 Å². The summed E-state index contributed by atoms with van der Waals surface area (Å²) in [5.41, 5.74) is 3.11. The summed E-state index contributed by atoms with van der Waals surface area (Å²) in [5.74, 6) is 0.244. The maximum atomic E-state index is 13.5. The van der Waals surface area contributed by atoms with E-state index in [9.17, 15) is 13.4 Å². The summed E-state index contributed by atoms with van der Waals surface area (Å²) >= 11 is -1.92. The van der Waals surface area contributed by atoms with Gasteiger partial charge in [0.2, 0.25) is 0 Å². The monoisotopic (exact) mass is 426 g/mol. The van der Waals surface area contributed by atoms with Crippen molar-refractivity contribution in [3.8, 4) is 22.3 Å². The summed E-state index contributed by atoms with van der Waals surface area (Å²) in [6, 6.07) is 13.1. The first-order valence-electron chi connectivity index (χ1n) is 9.97. The molecule has 3 unspecified atom stereocenters. The van der Waals surface area contributed by atoms with E-state index in [1.807, 2.05) is 12.1 Å². The predicted octanol–water partition coefficient (Wildman–Crippen LogP) is 4.80. The maximum absolute atomic E-state index is 13.5. The second-order valence-corrected chi connectivity index (χ2v) is 8.86. The fraction of sp³-hybridized carbons (Fsp3) is 0.304. The van der Waals surface area contributed by atoms with Crippen LogP contribution in [0.1, 0.15) is 37.8 Å². The summed E-state index contributed by atoms with van der Waals surface area (Å²) in [7, 11) is 0. The highest BCUT2D eigenvalue weighted by Gasteiger charge is 2.26. The van der Waals surface area contributed by atoms with Gasteiger partial charge in [-0.25, -0.2) is 13.3 Å². The van der Waals surface area contributed by atoms with Crippen molar-refractivity contribution in [1.29, 1.82) is 0 Å². The van der Waals surface area contributed by atoms with Crippen molar-refractivity contribution < 1.29 is 13.2 Å². The van der Waals surface area contributed by atoms with Gasteiger partial charge in [-0.15, -0.1) is 0 Å². The first-order chi connectivity index (χ1) is 14.4. The van der Waals surface area contributed by atoms with Crippen LogP contribution in [0.3, 0.4) is 0 Å². The van der Waals surface area contributed by atoms with Crippen LogP contribution in [0.2, 0.25) is 0 Å². The van der Waals surface area contributed by atoms with E-state index < -0.39 is 11.1 Å². The smallest absolute Gasteiger partial charge is 0.275 e. The van der Waals surface area contributed by atoms with E-state index in [1.54, 1.807) is 35.1 Å². The Hall–Kier alpha value is -2.64. The third-order valence-corrected chi connectivity index (χ3v) is 6.28. The molecule has 1 N–H and O–H groups in total. The van der Waals surface area contributed by atoms with Gasteiger partial charge in [-0.3, -0.25) is 4.79 Å². The van der Waals surface area contributed by atoms with Crippen LogP contribution in [0.5, 0.6) is 0 Å². The van der Waals surface area contributed by atoms with Crippen LogP contribution in [0.4, 0.5) is 4.39 Å². The van der Waals surface area contributed by atoms with Crippen molar-refractivity contribution in [2.24, 2.45) is 5.92 Å². The molecule has 30 heavy (non-hydrogen) atoms. The minimum absolute atomic E-state index is 0.0464. The lowest BCUT2D eigenvalue weighted by molar-refractivity contribution is 0.431. The quantitative estimate of drug-likeness (QED) is 0.595. The standard InChI is InChI=1S/C23H23FN2O3S/c1-15-2-11-20(12-15)26-23(27)22(18-7-9-19(24)10-8-18)21(13-25-26)17-5-3-16(4-6-17)14-30(28)29/h3-10,13,15,20H,2,11-12,14H2,1H3,(H,28,29).